The number of rotatable bonds is 3. The summed E-state index contributed by atoms with van der Waals surface area (Å²) in [6.07, 6.45) is 4.56. The molecule has 0 unspecified atom stereocenters. The number of nitrogens with zero attached hydrogens (tertiary/aromatic N) is 2. The maximum Gasteiger partial charge on any atom is 0.144 e. The Labute approximate surface area is 91.2 Å². The van der Waals surface area contributed by atoms with Gasteiger partial charge in [-0.25, -0.2) is 13.8 Å². The van der Waals surface area contributed by atoms with Crippen molar-refractivity contribution < 1.29 is 8.78 Å². The fourth-order valence-electron chi connectivity index (χ4n) is 1.25. The summed E-state index contributed by atoms with van der Waals surface area (Å²) in [7, 11) is 0. The third kappa shape index (κ3) is 2.50. The number of hydrogen-bond donors (Lipinski definition) is 1. The smallest absolute Gasteiger partial charge is 0.144 e. The van der Waals surface area contributed by atoms with Gasteiger partial charge in [0.25, 0.3) is 0 Å². The van der Waals surface area contributed by atoms with Crippen LogP contribution in [0.25, 0.3) is 0 Å². The van der Waals surface area contributed by atoms with E-state index >= 15 is 0 Å². The minimum Gasteiger partial charge on any atom is -0.365 e. The van der Waals surface area contributed by atoms with Crippen molar-refractivity contribution in [2.24, 2.45) is 0 Å². The monoisotopic (exact) mass is 221 g/mol. The molecule has 2 rings (SSSR count). The van der Waals surface area contributed by atoms with Crippen molar-refractivity contribution in [2.45, 2.75) is 6.54 Å². The van der Waals surface area contributed by atoms with Gasteiger partial charge in [0.2, 0.25) is 0 Å². The second-order valence-corrected chi connectivity index (χ2v) is 3.18. The molecule has 0 aliphatic heterocycles. The number of nitrogens with one attached hydrogen (secondary N) is 1. The van der Waals surface area contributed by atoms with Crippen LogP contribution in [0.15, 0.2) is 36.8 Å². The van der Waals surface area contributed by atoms with Crippen LogP contribution < -0.4 is 5.32 Å². The van der Waals surface area contributed by atoms with E-state index in [-0.39, 0.29) is 12.1 Å². The molecule has 0 bridgehead atoms. The van der Waals surface area contributed by atoms with Crippen molar-refractivity contribution >= 4 is 5.82 Å². The van der Waals surface area contributed by atoms with Crippen LogP contribution in [0.1, 0.15) is 5.56 Å². The average Bonchev–Trinajstić information content (AvgIpc) is 2.32. The lowest BCUT2D eigenvalue weighted by atomic mass is 10.2. The summed E-state index contributed by atoms with van der Waals surface area (Å²) in [6, 6.07) is 3.34. The molecule has 2 aromatic rings. The Bertz CT molecular complexity index is 474. The second kappa shape index (κ2) is 4.65. The van der Waals surface area contributed by atoms with E-state index in [9.17, 15) is 8.78 Å². The van der Waals surface area contributed by atoms with E-state index in [1.807, 2.05) is 0 Å². The van der Waals surface area contributed by atoms with Gasteiger partial charge in [0.1, 0.15) is 17.5 Å². The molecule has 0 fully saturated rings. The van der Waals surface area contributed by atoms with Crippen LogP contribution in [0.4, 0.5) is 14.6 Å². The van der Waals surface area contributed by atoms with Crippen LogP contribution in [0.3, 0.4) is 0 Å². The van der Waals surface area contributed by atoms with Gasteiger partial charge in [-0.15, -0.1) is 0 Å². The number of benzene rings is 1. The Morgan fingerprint density at radius 1 is 1.19 bits per heavy atom. The van der Waals surface area contributed by atoms with Crippen LogP contribution in [0.5, 0.6) is 0 Å². The molecule has 0 saturated heterocycles. The molecule has 0 spiro atoms. The maximum absolute atomic E-state index is 13.2. The highest BCUT2D eigenvalue weighted by Gasteiger charge is 2.03. The van der Waals surface area contributed by atoms with Crippen LogP contribution in [-0.4, -0.2) is 9.97 Å². The van der Waals surface area contributed by atoms with Crippen LogP contribution in [0.2, 0.25) is 0 Å². The molecule has 16 heavy (non-hydrogen) atoms. The van der Waals surface area contributed by atoms with E-state index in [1.54, 1.807) is 0 Å². The lowest BCUT2D eigenvalue weighted by molar-refractivity contribution is 0.587. The molecular formula is C11H9F2N3. The van der Waals surface area contributed by atoms with Gasteiger partial charge in [0.15, 0.2) is 0 Å². The Hall–Kier alpha value is -2.04. The van der Waals surface area contributed by atoms with Gasteiger partial charge >= 0.3 is 0 Å². The largest absolute Gasteiger partial charge is 0.365 e. The number of anilines is 1. The van der Waals surface area contributed by atoms with Gasteiger partial charge in [-0.3, -0.25) is 4.98 Å². The number of halogens is 2. The predicted molar refractivity (Wildman–Crippen MR) is 55.7 cm³/mol. The summed E-state index contributed by atoms with van der Waals surface area (Å²) in [6.45, 7) is 0.169. The van der Waals surface area contributed by atoms with Gasteiger partial charge in [0.05, 0.1) is 6.20 Å². The van der Waals surface area contributed by atoms with Gasteiger partial charge < -0.3 is 5.32 Å². The van der Waals surface area contributed by atoms with E-state index < -0.39 is 11.6 Å². The van der Waals surface area contributed by atoms with E-state index in [4.69, 9.17) is 0 Å². The summed E-state index contributed by atoms with van der Waals surface area (Å²) in [4.78, 5) is 7.80. The third-order valence-corrected chi connectivity index (χ3v) is 2.03. The third-order valence-electron chi connectivity index (χ3n) is 2.03. The molecule has 0 saturated carbocycles. The van der Waals surface area contributed by atoms with E-state index in [0.29, 0.717) is 5.82 Å². The van der Waals surface area contributed by atoms with Crippen molar-refractivity contribution in [3.8, 4) is 0 Å². The molecule has 1 aromatic carbocycles. The van der Waals surface area contributed by atoms with Gasteiger partial charge in [-0.1, -0.05) is 0 Å². The average molecular weight is 221 g/mol. The van der Waals surface area contributed by atoms with Gasteiger partial charge in [0, 0.05) is 24.5 Å². The Kier molecular flexibility index (Phi) is 3.05. The zero-order valence-electron chi connectivity index (χ0n) is 8.32. The highest BCUT2D eigenvalue weighted by atomic mass is 19.1. The normalized spacial score (nSPS) is 10.1. The highest BCUT2D eigenvalue weighted by Crippen LogP contribution is 2.11. The van der Waals surface area contributed by atoms with Crippen molar-refractivity contribution in [1.29, 1.82) is 0 Å². The van der Waals surface area contributed by atoms with Crippen molar-refractivity contribution in [1.82, 2.24) is 9.97 Å². The zero-order valence-corrected chi connectivity index (χ0v) is 8.32. The summed E-state index contributed by atoms with van der Waals surface area (Å²) >= 11 is 0. The number of hydrogen-bond acceptors (Lipinski definition) is 3. The summed E-state index contributed by atoms with van der Waals surface area (Å²) in [5.41, 5.74) is 0.255. The number of aromatic nitrogens is 2. The van der Waals surface area contributed by atoms with Crippen LogP contribution in [0, 0.1) is 11.6 Å². The molecule has 5 heteroatoms. The molecule has 82 valence electrons. The SMILES string of the molecule is Fc1ccc(F)c(CNc2cnccn2)c1. The topological polar surface area (TPSA) is 37.8 Å². The molecule has 1 aromatic heterocycles. The molecule has 0 amide bonds. The minimum atomic E-state index is -0.461. The molecule has 0 atom stereocenters. The summed E-state index contributed by atoms with van der Waals surface area (Å²) in [5, 5.41) is 2.85. The standard InChI is InChI=1S/C11H9F2N3/c12-9-1-2-10(13)8(5-9)6-16-11-7-14-3-4-15-11/h1-5,7H,6H2,(H,15,16). The van der Waals surface area contributed by atoms with Gasteiger partial charge in [-0.2, -0.15) is 0 Å². The first-order valence-electron chi connectivity index (χ1n) is 4.69. The maximum atomic E-state index is 13.2. The second-order valence-electron chi connectivity index (χ2n) is 3.18. The molecule has 1 heterocycles. The lowest BCUT2D eigenvalue weighted by Crippen LogP contribution is -2.03. The molecule has 0 radical (unpaired) electrons. The molecule has 3 nitrogen and oxygen atoms in total. The van der Waals surface area contributed by atoms with E-state index in [1.165, 1.54) is 18.6 Å². The first-order chi connectivity index (χ1) is 7.75. The molecule has 0 aliphatic carbocycles. The van der Waals surface area contributed by atoms with E-state index in [0.717, 1.165) is 18.2 Å². The first-order valence-corrected chi connectivity index (χ1v) is 4.69. The first kappa shape index (κ1) is 10.5. The molecular weight excluding hydrogens is 212 g/mol. The Morgan fingerprint density at radius 3 is 2.81 bits per heavy atom. The highest BCUT2D eigenvalue weighted by molar-refractivity contribution is 5.32. The fraction of sp³-hybridized carbons (Fsp3) is 0.0909. The summed E-state index contributed by atoms with van der Waals surface area (Å²) < 4.78 is 26.1. The fourth-order valence-corrected chi connectivity index (χ4v) is 1.25. The van der Waals surface area contributed by atoms with Gasteiger partial charge in [-0.05, 0) is 18.2 Å². The quantitative estimate of drug-likeness (QED) is 0.864. The molecule has 0 aliphatic rings. The van der Waals surface area contributed by atoms with Crippen molar-refractivity contribution in [2.75, 3.05) is 5.32 Å². The van der Waals surface area contributed by atoms with Crippen LogP contribution >= 0.6 is 0 Å². The van der Waals surface area contributed by atoms with Crippen LogP contribution in [-0.2, 0) is 6.54 Å². The Balaban J connectivity index is 2.08. The minimum absolute atomic E-state index is 0.169. The zero-order chi connectivity index (χ0) is 11.4. The van der Waals surface area contributed by atoms with Crippen molar-refractivity contribution in [3.05, 3.63) is 54.0 Å². The Morgan fingerprint density at radius 2 is 2.06 bits per heavy atom. The molecule has 1 N–H and O–H groups in total. The summed E-state index contributed by atoms with van der Waals surface area (Å²) in [5.74, 6) is -0.388. The van der Waals surface area contributed by atoms with Crippen molar-refractivity contribution in [3.63, 3.8) is 0 Å². The lowest BCUT2D eigenvalue weighted by Gasteiger charge is -2.05. The van der Waals surface area contributed by atoms with E-state index in [2.05, 4.69) is 15.3 Å². The predicted octanol–water partition coefficient (Wildman–Crippen LogP) is 2.37.